The molecular formula is C9H14N2O3. The van der Waals surface area contributed by atoms with Gasteiger partial charge in [-0.1, -0.05) is 19.8 Å². The number of carbonyl (C=O) groups excluding carboxylic acids is 3. The molecule has 0 aromatic carbocycles. The molecule has 0 atom stereocenters. The van der Waals surface area contributed by atoms with Gasteiger partial charge in [0.05, 0.1) is 0 Å². The third kappa shape index (κ3) is 2.55. The first-order valence-electron chi connectivity index (χ1n) is 4.78. The highest BCUT2D eigenvalue weighted by atomic mass is 16.2. The van der Waals surface area contributed by atoms with Crippen LogP contribution in [0.1, 0.15) is 26.2 Å². The fourth-order valence-electron chi connectivity index (χ4n) is 1.34. The van der Waals surface area contributed by atoms with Crippen molar-refractivity contribution in [2.75, 3.05) is 13.1 Å². The maximum atomic E-state index is 11.2. The summed E-state index contributed by atoms with van der Waals surface area (Å²) in [7, 11) is 0. The highest BCUT2D eigenvalue weighted by Crippen LogP contribution is 2.01. The highest BCUT2D eigenvalue weighted by molar-refractivity contribution is 6.39. The van der Waals surface area contributed by atoms with Gasteiger partial charge in [0.2, 0.25) is 5.91 Å². The van der Waals surface area contributed by atoms with E-state index in [4.69, 9.17) is 0 Å². The summed E-state index contributed by atoms with van der Waals surface area (Å²) >= 11 is 0. The smallest absolute Gasteiger partial charge is 0.316 e. The first kappa shape index (κ1) is 10.7. The minimum atomic E-state index is -0.808. The lowest BCUT2D eigenvalue weighted by Crippen LogP contribution is -2.55. The third-order valence-electron chi connectivity index (χ3n) is 2.10. The van der Waals surface area contributed by atoms with Crippen LogP contribution < -0.4 is 5.32 Å². The Hall–Kier alpha value is -1.39. The maximum absolute atomic E-state index is 11.2. The van der Waals surface area contributed by atoms with Gasteiger partial charge in [-0.05, 0) is 6.42 Å². The predicted molar refractivity (Wildman–Crippen MR) is 49.3 cm³/mol. The highest BCUT2D eigenvalue weighted by Gasteiger charge is 2.30. The molecule has 1 rings (SSSR count). The van der Waals surface area contributed by atoms with Crippen LogP contribution in [0.15, 0.2) is 0 Å². The van der Waals surface area contributed by atoms with Crippen molar-refractivity contribution in [3.05, 3.63) is 0 Å². The summed E-state index contributed by atoms with van der Waals surface area (Å²) in [4.78, 5) is 34.4. The van der Waals surface area contributed by atoms with Crippen LogP contribution in [0.5, 0.6) is 0 Å². The summed E-state index contributed by atoms with van der Waals surface area (Å²) < 4.78 is 0. The van der Waals surface area contributed by atoms with Crippen molar-refractivity contribution in [1.82, 2.24) is 10.2 Å². The van der Waals surface area contributed by atoms with Crippen LogP contribution in [-0.4, -0.2) is 35.7 Å². The van der Waals surface area contributed by atoms with Crippen molar-refractivity contribution in [1.29, 1.82) is 0 Å². The number of unbranched alkanes of at least 4 members (excludes halogenated alkanes) is 2. The normalized spacial score (nSPS) is 17.2. The van der Waals surface area contributed by atoms with E-state index in [1.165, 1.54) is 4.90 Å². The van der Waals surface area contributed by atoms with Gasteiger partial charge in [0, 0.05) is 6.54 Å². The predicted octanol–water partition coefficient (Wildman–Crippen LogP) is -0.338. The van der Waals surface area contributed by atoms with E-state index in [2.05, 4.69) is 6.92 Å². The Labute approximate surface area is 82.4 Å². The Morgan fingerprint density at radius 2 is 2.00 bits per heavy atom. The van der Waals surface area contributed by atoms with Gasteiger partial charge in [0.25, 0.3) is 0 Å². The minimum absolute atomic E-state index is 0.00822. The standard InChI is InChI=1S/C9H14N2O3/c1-2-3-4-5-11-6-7(12)10-8(13)9(11)14/h2-6H2,1H3,(H,10,12,13). The molecule has 1 N–H and O–H groups in total. The van der Waals surface area contributed by atoms with E-state index in [9.17, 15) is 14.4 Å². The molecule has 1 saturated heterocycles. The van der Waals surface area contributed by atoms with Crippen LogP contribution in [0.4, 0.5) is 0 Å². The zero-order chi connectivity index (χ0) is 10.6. The van der Waals surface area contributed by atoms with Gasteiger partial charge in [-0.15, -0.1) is 0 Å². The number of hydrogen-bond acceptors (Lipinski definition) is 3. The molecule has 78 valence electrons. The quantitative estimate of drug-likeness (QED) is 0.382. The van der Waals surface area contributed by atoms with Gasteiger partial charge in [-0.25, -0.2) is 0 Å². The van der Waals surface area contributed by atoms with E-state index in [1.54, 1.807) is 0 Å². The second kappa shape index (κ2) is 4.74. The summed E-state index contributed by atoms with van der Waals surface area (Å²) in [5.41, 5.74) is 0. The molecule has 5 nitrogen and oxygen atoms in total. The van der Waals surface area contributed by atoms with Gasteiger partial charge < -0.3 is 4.90 Å². The number of amides is 3. The molecule has 0 spiro atoms. The Kier molecular flexibility index (Phi) is 3.62. The summed E-state index contributed by atoms with van der Waals surface area (Å²) in [6, 6.07) is 0. The second-order valence-corrected chi connectivity index (χ2v) is 3.31. The molecule has 1 heterocycles. The molecule has 1 aliphatic rings. The Bertz CT molecular complexity index is 263. The average Bonchev–Trinajstić information content (AvgIpc) is 2.13. The lowest BCUT2D eigenvalue weighted by atomic mass is 10.2. The molecule has 0 bridgehead atoms. The Morgan fingerprint density at radius 1 is 1.29 bits per heavy atom. The Balaban J connectivity index is 2.45. The molecule has 14 heavy (non-hydrogen) atoms. The molecule has 1 fully saturated rings. The van der Waals surface area contributed by atoms with Gasteiger partial charge in [0.15, 0.2) is 0 Å². The van der Waals surface area contributed by atoms with Gasteiger partial charge in [-0.2, -0.15) is 0 Å². The van der Waals surface area contributed by atoms with E-state index >= 15 is 0 Å². The van der Waals surface area contributed by atoms with Crippen LogP contribution in [0.2, 0.25) is 0 Å². The number of nitrogens with zero attached hydrogens (tertiary/aromatic N) is 1. The van der Waals surface area contributed by atoms with Crippen LogP contribution >= 0.6 is 0 Å². The third-order valence-corrected chi connectivity index (χ3v) is 2.10. The average molecular weight is 198 g/mol. The van der Waals surface area contributed by atoms with E-state index in [0.29, 0.717) is 6.54 Å². The van der Waals surface area contributed by atoms with E-state index in [1.807, 2.05) is 5.32 Å². The number of rotatable bonds is 4. The van der Waals surface area contributed by atoms with Crippen molar-refractivity contribution in [2.45, 2.75) is 26.2 Å². The molecule has 5 heteroatoms. The van der Waals surface area contributed by atoms with Crippen molar-refractivity contribution >= 4 is 17.7 Å². The van der Waals surface area contributed by atoms with Crippen molar-refractivity contribution in [3.63, 3.8) is 0 Å². The summed E-state index contributed by atoms with van der Waals surface area (Å²) in [6.07, 6.45) is 2.88. The first-order valence-corrected chi connectivity index (χ1v) is 4.78. The molecule has 0 aliphatic carbocycles. The number of carbonyl (C=O) groups is 3. The molecule has 0 aromatic heterocycles. The Morgan fingerprint density at radius 3 is 2.64 bits per heavy atom. The molecule has 1 aliphatic heterocycles. The van der Waals surface area contributed by atoms with Gasteiger partial charge >= 0.3 is 11.8 Å². The number of nitrogens with one attached hydrogen (secondary N) is 1. The first-order chi connectivity index (χ1) is 6.65. The summed E-state index contributed by atoms with van der Waals surface area (Å²) in [5.74, 6) is -1.80. The number of piperazine rings is 1. The van der Waals surface area contributed by atoms with E-state index in [0.717, 1.165) is 19.3 Å². The molecular weight excluding hydrogens is 184 g/mol. The fraction of sp³-hybridized carbons (Fsp3) is 0.667. The molecule has 0 saturated carbocycles. The monoisotopic (exact) mass is 198 g/mol. The lowest BCUT2D eigenvalue weighted by Gasteiger charge is -2.24. The number of imide groups is 1. The van der Waals surface area contributed by atoms with Crippen LogP contribution in [0.25, 0.3) is 0 Å². The van der Waals surface area contributed by atoms with E-state index < -0.39 is 17.7 Å². The van der Waals surface area contributed by atoms with Crippen molar-refractivity contribution in [3.8, 4) is 0 Å². The molecule has 3 amide bonds. The second-order valence-electron chi connectivity index (χ2n) is 3.31. The van der Waals surface area contributed by atoms with E-state index in [-0.39, 0.29) is 6.54 Å². The summed E-state index contributed by atoms with van der Waals surface area (Å²) in [6.45, 7) is 2.55. The van der Waals surface area contributed by atoms with Crippen LogP contribution in [0, 0.1) is 0 Å². The minimum Gasteiger partial charge on any atom is -0.325 e. The zero-order valence-electron chi connectivity index (χ0n) is 8.21. The molecule has 0 aromatic rings. The van der Waals surface area contributed by atoms with Crippen molar-refractivity contribution in [2.24, 2.45) is 0 Å². The van der Waals surface area contributed by atoms with Crippen LogP contribution in [-0.2, 0) is 14.4 Å². The topological polar surface area (TPSA) is 66.5 Å². The maximum Gasteiger partial charge on any atom is 0.316 e. The lowest BCUT2D eigenvalue weighted by molar-refractivity contribution is -0.153. The number of hydrogen-bond donors (Lipinski definition) is 1. The van der Waals surface area contributed by atoms with Gasteiger partial charge in [0.1, 0.15) is 6.54 Å². The molecule has 0 unspecified atom stereocenters. The van der Waals surface area contributed by atoms with Crippen LogP contribution in [0.3, 0.4) is 0 Å². The SMILES string of the molecule is CCCCCN1CC(=O)NC(=O)C1=O. The summed E-state index contributed by atoms with van der Waals surface area (Å²) in [5, 5.41) is 1.98. The fourth-order valence-corrected chi connectivity index (χ4v) is 1.34. The molecule has 0 radical (unpaired) electrons. The van der Waals surface area contributed by atoms with Gasteiger partial charge in [-0.3, -0.25) is 19.7 Å². The van der Waals surface area contributed by atoms with Crippen molar-refractivity contribution < 1.29 is 14.4 Å². The largest absolute Gasteiger partial charge is 0.325 e. The zero-order valence-corrected chi connectivity index (χ0v) is 8.21.